The molecule has 3 aromatic heterocycles. The van der Waals surface area contributed by atoms with Gasteiger partial charge in [-0.05, 0) is 37.6 Å². The molecule has 0 aliphatic rings. The highest BCUT2D eigenvalue weighted by Gasteiger charge is 2.25. The minimum atomic E-state index is -1.29. The van der Waals surface area contributed by atoms with Gasteiger partial charge in [0.05, 0.1) is 5.60 Å². The van der Waals surface area contributed by atoms with Gasteiger partial charge in [0.1, 0.15) is 11.6 Å². The van der Waals surface area contributed by atoms with Crippen molar-refractivity contribution in [3.8, 4) is 34.3 Å². The van der Waals surface area contributed by atoms with E-state index in [1.54, 1.807) is 26.8 Å². The predicted molar refractivity (Wildman–Crippen MR) is 127 cm³/mol. The molecule has 0 fully saturated rings. The van der Waals surface area contributed by atoms with Gasteiger partial charge in [0, 0.05) is 48.8 Å². The lowest BCUT2D eigenvalue weighted by Gasteiger charge is -2.21. The van der Waals surface area contributed by atoms with E-state index in [1.807, 2.05) is 0 Å². The highest BCUT2D eigenvalue weighted by molar-refractivity contribution is 5.97. The quantitative estimate of drug-likeness (QED) is 0.328. The highest BCUT2D eigenvalue weighted by Crippen LogP contribution is 2.41. The maximum absolute atomic E-state index is 14.4. The number of ether oxygens (including phenoxy) is 1. The first-order valence-corrected chi connectivity index (χ1v) is 11.1. The van der Waals surface area contributed by atoms with Crippen LogP contribution in [0.25, 0.3) is 33.7 Å². The van der Waals surface area contributed by atoms with Crippen LogP contribution in [-0.2, 0) is 12.6 Å². The van der Waals surface area contributed by atoms with E-state index >= 15 is 0 Å². The molecule has 0 spiro atoms. The fourth-order valence-corrected chi connectivity index (χ4v) is 3.89. The van der Waals surface area contributed by atoms with Gasteiger partial charge in [-0.15, -0.1) is 10.2 Å². The van der Waals surface area contributed by atoms with Crippen LogP contribution in [0.2, 0.25) is 0 Å². The summed E-state index contributed by atoms with van der Waals surface area (Å²) in [6.45, 7) is 4.73. The lowest BCUT2D eigenvalue weighted by Crippen LogP contribution is -2.17. The van der Waals surface area contributed by atoms with E-state index in [4.69, 9.17) is 13.6 Å². The lowest BCUT2D eigenvalue weighted by atomic mass is 9.93. The smallest absolute Gasteiger partial charge is 0.293 e. The molecule has 0 saturated heterocycles. The third kappa shape index (κ3) is 4.38. The molecule has 0 saturated carbocycles. The second kappa shape index (κ2) is 8.63. The Morgan fingerprint density at radius 2 is 1.70 bits per heavy atom. The minimum Gasteiger partial charge on any atom is -0.451 e. The van der Waals surface area contributed by atoms with Crippen LogP contribution in [0.4, 0.5) is 13.2 Å². The van der Waals surface area contributed by atoms with E-state index < -0.39 is 34.4 Å². The zero-order valence-corrected chi connectivity index (χ0v) is 20.1. The number of pyridine rings is 1. The van der Waals surface area contributed by atoms with Crippen LogP contribution in [-0.4, -0.2) is 19.9 Å². The van der Waals surface area contributed by atoms with Crippen LogP contribution in [0, 0.1) is 24.4 Å². The maximum Gasteiger partial charge on any atom is 0.293 e. The Kier molecular flexibility index (Phi) is 5.67. The van der Waals surface area contributed by atoms with Crippen molar-refractivity contribution in [2.24, 2.45) is 7.05 Å². The Balaban J connectivity index is 1.77. The summed E-state index contributed by atoms with van der Waals surface area (Å²) in [5, 5.41) is 18.6. The van der Waals surface area contributed by atoms with Crippen molar-refractivity contribution in [2.75, 3.05) is 0 Å². The summed E-state index contributed by atoms with van der Waals surface area (Å²) in [6, 6.07) is 7.05. The summed E-state index contributed by atoms with van der Waals surface area (Å²) in [6.07, 6.45) is 1.50. The van der Waals surface area contributed by atoms with E-state index in [1.165, 1.54) is 36.0 Å². The number of hydrogen-bond acceptors (Lipinski definition) is 7. The van der Waals surface area contributed by atoms with Gasteiger partial charge < -0.3 is 23.2 Å². The minimum absolute atomic E-state index is 0.0197. The van der Waals surface area contributed by atoms with Crippen molar-refractivity contribution >= 4 is 11.0 Å². The molecule has 0 aliphatic carbocycles. The van der Waals surface area contributed by atoms with Gasteiger partial charge in [-0.2, -0.15) is 0 Å². The molecule has 0 bridgehead atoms. The number of nitrogens with zero attached hydrogens (tertiary/aromatic N) is 3. The molecular weight excluding hydrogens is 491 g/mol. The molecule has 11 heteroatoms. The normalized spacial score (nSPS) is 11.9. The molecule has 37 heavy (non-hydrogen) atoms. The van der Waals surface area contributed by atoms with Crippen LogP contribution in [0.3, 0.4) is 0 Å². The standard InChI is InChI=1S/C26H20F3N3O5/c1-12-30-31-24(35-12)21-10-16-17(11-32(4)25(33)22(16)37-21)15-7-13(26(2,3)34)5-6-20(15)36-23-18(28)8-14(27)9-19(23)29/h5-11,34H,1-4H3. The molecule has 190 valence electrons. The van der Waals surface area contributed by atoms with Crippen molar-refractivity contribution in [1.29, 1.82) is 0 Å². The van der Waals surface area contributed by atoms with Crippen molar-refractivity contribution < 1.29 is 31.8 Å². The number of benzene rings is 2. The summed E-state index contributed by atoms with van der Waals surface area (Å²) < 4.78 is 60.4. The number of hydrogen-bond donors (Lipinski definition) is 1. The van der Waals surface area contributed by atoms with Crippen molar-refractivity contribution in [1.82, 2.24) is 14.8 Å². The van der Waals surface area contributed by atoms with Crippen molar-refractivity contribution in [3.05, 3.63) is 81.9 Å². The summed E-state index contributed by atoms with van der Waals surface area (Å²) in [5.74, 6) is -3.92. The topological polar surface area (TPSA) is 104 Å². The summed E-state index contributed by atoms with van der Waals surface area (Å²) in [4.78, 5) is 12.9. The number of fused-ring (bicyclic) bond motifs is 1. The zero-order valence-electron chi connectivity index (χ0n) is 20.1. The van der Waals surface area contributed by atoms with E-state index in [0.717, 1.165) is 0 Å². The van der Waals surface area contributed by atoms with Crippen LogP contribution in [0.1, 0.15) is 25.3 Å². The third-order valence-corrected chi connectivity index (χ3v) is 5.75. The fourth-order valence-electron chi connectivity index (χ4n) is 3.89. The highest BCUT2D eigenvalue weighted by atomic mass is 19.1. The van der Waals surface area contributed by atoms with Crippen molar-refractivity contribution in [3.63, 3.8) is 0 Å². The first-order valence-electron chi connectivity index (χ1n) is 11.1. The Labute approximate surface area is 207 Å². The van der Waals surface area contributed by atoms with Gasteiger partial charge in [0.2, 0.25) is 11.5 Å². The molecule has 3 heterocycles. The van der Waals surface area contributed by atoms with Crippen LogP contribution in [0.15, 0.2) is 56.2 Å². The second-order valence-corrected chi connectivity index (χ2v) is 9.01. The first-order chi connectivity index (χ1) is 17.4. The summed E-state index contributed by atoms with van der Waals surface area (Å²) >= 11 is 0. The summed E-state index contributed by atoms with van der Waals surface area (Å²) in [7, 11) is 1.50. The van der Waals surface area contributed by atoms with Crippen LogP contribution >= 0.6 is 0 Å². The molecule has 1 N–H and O–H groups in total. The molecule has 2 aromatic carbocycles. The zero-order chi connectivity index (χ0) is 26.6. The Morgan fingerprint density at radius 1 is 1.00 bits per heavy atom. The van der Waals surface area contributed by atoms with Crippen LogP contribution < -0.4 is 10.3 Å². The molecule has 5 rings (SSSR count). The Morgan fingerprint density at radius 3 is 2.32 bits per heavy atom. The van der Waals surface area contributed by atoms with E-state index in [-0.39, 0.29) is 28.5 Å². The first kappa shape index (κ1) is 24.3. The molecular formula is C26H20F3N3O5. The van der Waals surface area contributed by atoms with Crippen molar-refractivity contribution in [2.45, 2.75) is 26.4 Å². The Hall–Kier alpha value is -4.38. The Bertz CT molecular complexity index is 1710. The summed E-state index contributed by atoms with van der Waals surface area (Å²) in [5.41, 5.74) is -0.678. The van der Waals surface area contributed by atoms with Crippen LogP contribution in [0.5, 0.6) is 11.5 Å². The number of halogens is 3. The van der Waals surface area contributed by atoms with E-state index in [2.05, 4.69) is 10.2 Å². The van der Waals surface area contributed by atoms with E-state index in [9.17, 15) is 23.1 Å². The van der Waals surface area contributed by atoms with Gasteiger partial charge in [0.15, 0.2) is 23.1 Å². The van der Waals surface area contributed by atoms with Gasteiger partial charge in [-0.25, -0.2) is 13.2 Å². The molecule has 0 atom stereocenters. The average Bonchev–Trinajstić information content (AvgIpc) is 3.45. The predicted octanol–water partition coefficient (Wildman–Crippen LogP) is 5.59. The number of furan rings is 1. The van der Waals surface area contributed by atoms with Gasteiger partial charge >= 0.3 is 0 Å². The second-order valence-electron chi connectivity index (χ2n) is 9.01. The molecule has 0 aliphatic heterocycles. The number of aryl methyl sites for hydroxylation is 2. The average molecular weight is 511 g/mol. The fraction of sp³-hybridized carbons (Fsp3) is 0.192. The van der Waals surface area contributed by atoms with E-state index in [0.29, 0.717) is 34.5 Å². The molecule has 8 nitrogen and oxygen atoms in total. The monoisotopic (exact) mass is 511 g/mol. The number of aliphatic hydroxyl groups is 1. The molecule has 5 aromatic rings. The lowest BCUT2D eigenvalue weighted by molar-refractivity contribution is 0.0786. The van der Waals surface area contributed by atoms with Gasteiger partial charge in [0.25, 0.3) is 11.4 Å². The van der Waals surface area contributed by atoms with Gasteiger partial charge in [-0.1, -0.05) is 6.07 Å². The SMILES string of the molecule is Cc1nnc(-c2cc3c(-c4cc(C(C)(C)O)ccc4Oc4c(F)cc(F)cc4F)cn(C)c(=O)c3o2)o1. The maximum atomic E-state index is 14.4. The molecule has 0 amide bonds. The largest absolute Gasteiger partial charge is 0.451 e. The number of rotatable bonds is 5. The number of aromatic nitrogens is 3. The third-order valence-electron chi connectivity index (χ3n) is 5.75. The molecule has 0 radical (unpaired) electrons. The van der Waals surface area contributed by atoms with Gasteiger partial charge in [-0.3, -0.25) is 4.79 Å². The molecule has 0 unspecified atom stereocenters.